The van der Waals surface area contributed by atoms with Crippen LogP contribution >= 0.6 is 0 Å². The van der Waals surface area contributed by atoms with E-state index in [2.05, 4.69) is 5.32 Å². The topological polar surface area (TPSA) is 82.0 Å². The van der Waals surface area contributed by atoms with Crippen LogP contribution in [0.25, 0.3) is 0 Å². The first-order chi connectivity index (χ1) is 5.15. The van der Waals surface area contributed by atoms with Crippen molar-refractivity contribution in [2.24, 2.45) is 0 Å². The van der Waals surface area contributed by atoms with Gasteiger partial charge in [0, 0.05) is 0 Å². The maximum Gasteiger partial charge on any atom is 0.144 e. The quantitative estimate of drug-likeness (QED) is 0.301. The van der Waals surface area contributed by atoms with E-state index in [4.69, 9.17) is 20.1 Å². The van der Waals surface area contributed by atoms with Crippen molar-refractivity contribution in [1.82, 2.24) is 5.32 Å². The average Bonchev–Trinajstić information content (AvgIpc) is 1.97. The number of hydrogen-bond acceptors (Lipinski definition) is 5. The van der Waals surface area contributed by atoms with Crippen molar-refractivity contribution in [2.45, 2.75) is 24.6 Å². The molecule has 6 heteroatoms. The highest BCUT2D eigenvalue weighted by molar-refractivity contribution is 6.11. The van der Waals surface area contributed by atoms with Gasteiger partial charge < -0.3 is 20.1 Å². The summed E-state index contributed by atoms with van der Waals surface area (Å²) in [4.78, 5) is 0. The molecule has 5 nitrogen and oxygen atoms in total. The molecular formula is C5H12BNO4. The van der Waals surface area contributed by atoms with Crippen LogP contribution in [0.5, 0.6) is 0 Å². The Balaban J connectivity index is 2.48. The smallest absolute Gasteiger partial charge is 0.144 e. The Morgan fingerprint density at radius 1 is 1.36 bits per heavy atom. The lowest BCUT2D eigenvalue weighted by atomic mass is 9.96. The molecule has 1 heterocycles. The summed E-state index contributed by atoms with van der Waals surface area (Å²) in [5.41, 5.74) is 0. The van der Waals surface area contributed by atoms with E-state index in [1.54, 1.807) is 7.85 Å². The van der Waals surface area contributed by atoms with Gasteiger partial charge in [-0.1, -0.05) is 0 Å². The van der Waals surface area contributed by atoms with Crippen LogP contribution in [0, 0.1) is 0 Å². The summed E-state index contributed by atoms with van der Waals surface area (Å²) in [5.74, 6) is 0. The lowest BCUT2D eigenvalue weighted by Gasteiger charge is -2.35. The van der Waals surface area contributed by atoms with Crippen molar-refractivity contribution in [1.29, 1.82) is 0 Å². The third-order valence-electron chi connectivity index (χ3n) is 1.71. The standard InChI is InChI=1S/C5H12BNO4/c6-3-5(10)7-4(9)2(1-8)11-3/h2-5,7-10H,1,6H2/t2-,3-,4?,5?/m1/s1. The summed E-state index contributed by atoms with van der Waals surface area (Å²) in [6, 6.07) is -0.407. The summed E-state index contributed by atoms with van der Waals surface area (Å²) in [6.45, 7) is -0.259. The number of aliphatic hydroxyl groups is 3. The molecule has 4 atom stereocenters. The molecule has 0 aromatic rings. The van der Waals surface area contributed by atoms with Crippen LogP contribution in [0.2, 0.25) is 0 Å². The predicted molar refractivity (Wildman–Crippen MR) is 39.4 cm³/mol. The molecule has 0 spiro atoms. The zero-order chi connectivity index (χ0) is 8.43. The third kappa shape index (κ3) is 1.91. The van der Waals surface area contributed by atoms with Gasteiger partial charge in [-0.05, 0) is 0 Å². The lowest BCUT2D eigenvalue weighted by Crippen LogP contribution is -2.59. The van der Waals surface area contributed by atoms with Crippen LogP contribution in [0.15, 0.2) is 0 Å². The molecule has 1 aliphatic rings. The fraction of sp³-hybridized carbons (Fsp3) is 1.00. The van der Waals surface area contributed by atoms with Crippen LogP contribution in [0.4, 0.5) is 0 Å². The molecule has 0 aliphatic carbocycles. The molecule has 0 aromatic carbocycles. The highest BCUT2D eigenvalue weighted by Gasteiger charge is 2.32. The minimum absolute atomic E-state index is 0.259. The second kappa shape index (κ2) is 3.51. The van der Waals surface area contributed by atoms with Crippen LogP contribution in [-0.4, -0.2) is 54.3 Å². The number of ether oxygens (including phenoxy) is 1. The molecule has 4 N–H and O–H groups in total. The van der Waals surface area contributed by atoms with Gasteiger partial charge in [-0.15, -0.1) is 0 Å². The van der Waals surface area contributed by atoms with Crippen molar-refractivity contribution < 1.29 is 20.1 Å². The first kappa shape index (κ1) is 8.96. The van der Waals surface area contributed by atoms with Gasteiger partial charge in [0.2, 0.25) is 0 Å². The largest absolute Gasteiger partial charge is 0.394 e. The van der Waals surface area contributed by atoms with E-state index in [1.165, 1.54) is 0 Å². The van der Waals surface area contributed by atoms with E-state index in [9.17, 15) is 0 Å². The number of morpholine rings is 1. The highest BCUT2D eigenvalue weighted by Crippen LogP contribution is 2.08. The number of hydrogen-bond donors (Lipinski definition) is 4. The number of rotatable bonds is 1. The molecule has 2 unspecified atom stereocenters. The summed E-state index contributed by atoms with van der Waals surface area (Å²) in [5, 5.41) is 29.3. The van der Waals surface area contributed by atoms with Gasteiger partial charge in [0.25, 0.3) is 0 Å². The average molecular weight is 161 g/mol. The highest BCUT2D eigenvalue weighted by atomic mass is 16.5. The molecule has 0 saturated carbocycles. The Morgan fingerprint density at radius 3 is 2.55 bits per heavy atom. The molecule has 0 bridgehead atoms. The first-order valence-electron chi connectivity index (χ1n) is 3.53. The van der Waals surface area contributed by atoms with Gasteiger partial charge in [0.05, 0.1) is 12.6 Å². The van der Waals surface area contributed by atoms with Crippen LogP contribution < -0.4 is 5.32 Å². The molecule has 1 aliphatic heterocycles. The predicted octanol–water partition coefficient (Wildman–Crippen LogP) is -3.44. The van der Waals surface area contributed by atoms with Gasteiger partial charge in [0.15, 0.2) is 0 Å². The van der Waals surface area contributed by atoms with Crippen molar-refractivity contribution in [3.8, 4) is 0 Å². The first-order valence-corrected chi connectivity index (χ1v) is 3.53. The van der Waals surface area contributed by atoms with Gasteiger partial charge in [0.1, 0.15) is 26.4 Å². The molecule has 11 heavy (non-hydrogen) atoms. The third-order valence-corrected chi connectivity index (χ3v) is 1.71. The van der Waals surface area contributed by atoms with Crippen molar-refractivity contribution in [3.63, 3.8) is 0 Å². The van der Waals surface area contributed by atoms with Gasteiger partial charge in [-0.2, -0.15) is 0 Å². The fourth-order valence-electron chi connectivity index (χ4n) is 0.985. The van der Waals surface area contributed by atoms with Crippen LogP contribution in [0.1, 0.15) is 0 Å². The Bertz CT molecular complexity index is 136. The Labute approximate surface area is 65.4 Å². The molecule has 0 amide bonds. The van der Waals surface area contributed by atoms with Crippen LogP contribution in [-0.2, 0) is 4.74 Å². The van der Waals surface area contributed by atoms with E-state index >= 15 is 0 Å². The zero-order valence-corrected chi connectivity index (χ0v) is 6.27. The minimum Gasteiger partial charge on any atom is -0.394 e. The Kier molecular flexibility index (Phi) is 2.86. The minimum atomic E-state index is -0.994. The lowest BCUT2D eigenvalue weighted by molar-refractivity contribution is -0.172. The molecular weight excluding hydrogens is 149 g/mol. The molecule has 1 rings (SSSR count). The Morgan fingerprint density at radius 2 is 2.00 bits per heavy atom. The van der Waals surface area contributed by atoms with Gasteiger partial charge in [-0.25, -0.2) is 0 Å². The summed E-state index contributed by atoms with van der Waals surface area (Å²) < 4.78 is 5.05. The number of nitrogens with one attached hydrogen (secondary N) is 1. The van der Waals surface area contributed by atoms with E-state index in [0.717, 1.165) is 0 Å². The van der Waals surface area contributed by atoms with Gasteiger partial charge in [-0.3, -0.25) is 5.32 Å². The SMILES string of the molecule is B[C@@H]1O[C@H](CO)C(O)NC1O. The zero-order valence-electron chi connectivity index (χ0n) is 6.27. The monoisotopic (exact) mass is 161 g/mol. The number of aliphatic hydroxyl groups excluding tert-OH is 3. The molecule has 0 aromatic heterocycles. The van der Waals surface area contributed by atoms with Crippen molar-refractivity contribution in [3.05, 3.63) is 0 Å². The molecule has 1 saturated heterocycles. The second-order valence-electron chi connectivity index (χ2n) is 2.62. The summed E-state index contributed by atoms with van der Waals surface area (Å²) in [6.07, 6.45) is -2.51. The fourth-order valence-corrected chi connectivity index (χ4v) is 0.985. The van der Waals surface area contributed by atoms with Crippen molar-refractivity contribution in [2.75, 3.05) is 6.61 Å². The van der Waals surface area contributed by atoms with Gasteiger partial charge >= 0.3 is 0 Å². The van der Waals surface area contributed by atoms with Crippen LogP contribution in [0.3, 0.4) is 0 Å². The maximum absolute atomic E-state index is 9.10. The van der Waals surface area contributed by atoms with E-state index in [1.807, 2.05) is 0 Å². The van der Waals surface area contributed by atoms with E-state index < -0.39 is 24.6 Å². The van der Waals surface area contributed by atoms with E-state index in [-0.39, 0.29) is 6.61 Å². The van der Waals surface area contributed by atoms with E-state index in [0.29, 0.717) is 0 Å². The van der Waals surface area contributed by atoms with Crippen molar-refractivity contribution >= 4 is 7.85 Å². The summed E-state index contributed by atoms with van der Waals surface area (Å²) in [7, 11) is 1.66. The maximum atomic E-state index is 9.10. The second-order valence-corrected chi connectivity index (χ2v) is 2.62. The molecule has 0 radical (unpaired) electrons. The molecule has 1 fully saturated rings. The normalized spacial score (nSPS) is 45.7. The molecule has 64 valence electrons. The summed E-state index contributed by atoms with van der Waals surface area (Å²) >= 11 is 0. The Hall–Kier alpha value is -0.135.